The Labute approximate surface area is 180 Å². The lowest BCUT2D eigenvalue weighted by molar-refractivity contribution is 0.570. The van der Waals surface area contributed by atoms with Gasteiger partial charge in [0.2, 0.25) is 0 Å². The summed E-state index contributed by atoms with van der Waals surface area (Å²) in [6.07, 6.45) is 6.32. The van der Waals surface area contributed by atoms with E-state index < -0.39 is 17.5 Å². The topological polar surface area (TPSA) is 0 Å². The van der Waals surface area contributed by atoms with E-state index in [4.69, 9.17) is 0 Å². The molecule has 0 fully saturated rings. The Morgan fingerprint density at radius 2 is 1.48 bits per heavy atom. The van der Waals surface area contributed by atoms with Crippen LogP contribution >= 0.6 is 0 Å². The summed E-state index contributed by atoms with van der Waals surface area (Å²) in [7, 11) is 0. The van der Waals surface area contributed by atoms with Crippen molar-refractivity contribution < 1.29 is 17.6 Å². The van der Waals surface area contributed by atoms with E-state index in [1.54, 1.807) is 12.1 Å². The first kappa shape index (κ1) is 21.4. The summed E-state index contributed by atoms with van der Waals surface area (Å²) < 4.78 is 57.6. The standard InChI is InChI=1S/C27H24F4/c1-2-3-4-5-17-12-25(30)27(26(31)13-17)20-7-6-19-15-23(24(29)16-21(19)14-20)18-8-10-22(28)11-9-18/h8-16H,2-7H2,1H3. The third-order valence-electron chi connectivity index (χ3n) is 5.87. The normalized spacial score (nSPS) is 13.1. The van der Waals surface area contributed by atoms with Crippen LogP contribution < -0.4 is 0 Å². The Morgan fingerprint density at radius 1 is 0.774 bits per heavy atom. The zero-order valence-corrected chi connectivity index (χ0v) is 17.5. The number of rotatable bonds is 6. The van der Waals surface area contributed by atoms with Gasteiger partial charge in [-0.2, -0.15) is 0 Å². The zero-order chi connectivity index (χ0) is 22.0. The van der Waals surface area contributed by atoms with Crippen molar-refractivity contribution in [3.8, 4) is 11.1 Å². The number of allylic oxidation sites excluding steroid dienone is 1. The van der Waals surface area contributed by atoms with Gasteiger partial charge in [-0.3, -0.25) is 0 Å². The van der Waals surface area contributed by atoms with Gasteiger partial charge in [-0.05, 0) is 89.9 Å². The fourth-order valence-electron chi connectivity index (χ4n) is 4.22. The van der Waals surface area contributed by atoms with Crippen molar-refractivity contribution in [3.63, 3.8) is 0 Å². The summed E-state index contributed by atoms with van der Waals surface area (Å²) in [5.41, 5.74) is 3.69. The van der Waals surface area contributed by atoms with Crippen molar-refractivity contribution in [3.05, 3.63) is 94.1 Å². The lowest BCUT2D eigenvalue weighted by Gasteiger charge is -2.20. The summed E-state index contributed by atoms with van der Waals surface area (Å²) in [6, 6.07) is 11.6. The Balaban J connectivity index is 1.66. The summed E-state index contributed by atoms with van der Waals surface area (Å²) in [4.78, 5) is 0. The van der Waals surface area contributed by atoms with Gasteiger partial charge in [0.1, 0.15) is 23.3 Å². The molecule has 0 N–H and O–H groups in total. The molecule has 1 aliphatic carbocycles. The molecule has 0 bridgehead atoms. The third-order valence-corrected chi connectivity index (χ3v) is 5.87. The maximum Gasteiger partial charge on any atom is 0.133 e. The zero-order valence-electron chi connectivity index (χ0n) is 17.5. The molecule has 0 heterocycles. The molecule has 0 aliphatic heterocycles. The molecular weight excluding hydrogens is 400 g/mol. The molecule has 4 rings (SSSR count). The number of halogens is 4. The van der Waals surface area contributed by atoms with E-state index in [1.807, 2.05) is 0 Å². The predicted molar refractivity (Wildman–Crippen MR) is 118 cm³/mol. The molecule has 0 saturated carbocycles. The molecule has 0 radical (unpaired) electrons. The number of hydrogen-bond acceptors (Lipinski definition) is 0. The second-order valence-corrected chi connectivity index (χ2v) is 8.10. The Morgan fingerprint density at radius 3 is 2.16 bits per heavy atom. The maximum atomic E-state index is 14.8. The van der Waals surface area contributed by atoms with Crippen LogP contribution in [0.4, 0.5) is 17.6 Å². The summed E-state index contributed by atoms with van der Waals surface area (Å²) >= 11 is 0. The Bertz CT molecular complexity index is 1100. The van der Waals surface area contributed by atoms with Crippen LogP contribution in [-0.2, 0) is 12.8 Å². The van der Waals surface area contributed by atoms with E-state index in [0.29, 0.717) is 47.1 Å². The molecule has 0 atom stereocenters. The minimum absolute atomic E-state index is 0.0205. The van der Waals surface area contributed by atoms with Crippen molar-refractivity contribution in [2.75, 3.05) is 0 Å². The first-order chi connectivity index (χ1) is 15.0. The number of fused-ring (bicyclic) bond motifs is 1. The van der Waals surface area contributed by atoms with Crippen molar-refractivity contribution in [1.82, 2.24) is 0 Å². The Kier molecular flexibility index (Phi) is 6.26. The lowest BCUT2D eigenvalue weighted by atomic mass is 9.86. The van der Waals surface area contributed by atoms with Crippen LogP contribution in [0, 0.1) is 23.3 Å². The van der Waals surface area contributed by atoms with E-state index in [-0.39, 0.29) is 11.4 Å². The number of hydrogen-bond donors (Lipinski definition) is 0. The molecule has 31 heavy (non-hydrogen) atoms. The highest BCUT2D eigenvalue weighted by atomic mass is 19.1. The van der Waals surface area contributed by atoms with Crippen LogP contribution in [0.5, 0.6) is 0 Å². The van der Waals surface area contributed by atoms with Gasteiger partial charge in [0.15, 0.2) is 0 Å². The second-order valence-electron chi connectivity index (χ2n) is 8.10. The molecule has 0 nitrogen and oxygen atoms in total. The van der Waals surface area contributed by atoms with Crippen molar-refractivity contribution in [2.24, 2.45) is 0 Å². The fraction of sp³-hybridized carbons (Fsp3) is 0.259. The highest BCUT2D eigenvalue weighted by Crippen LogP contribution is 2.36. The average molecular weight is 424 g/mol. The van der Waals surface area contributed by atoms with Gasteiger partial charge in [-0.15, -0.1) is 0 Å². The Hall–Kier alpha value is -2.88. The van der Waals surface area contributed by atoms with E-state index >= 15 is 0 Å². The third kappa shape index (κ3) is 4.58. The number of aryl methyl sites for hydroxylation is 2. The summed E-state index contributed by atoms with van der Waals surface area (Å²) in [5, 5.41) is 0. The molecule has 3 aromatic rings. The van der Waals surface area contributed by atoms with Crippen molar-refractivity contribution in [1.29, 1.82) is 0 Å². The predicted octanol–water partition coefficient (Wildman–Crippen LogP) is 8.13. The van der Waals surface area contributed by atoms with E-state index in [2.05, 4.69) is 6.92 Å². The maximum absolute atomic E-state index is 14.8. The molecule has 0 aromatic heterocycles. The van der Waals surface area contributed by atoms with E-state index in [9.17, 15) is 17.6 Å². The molecule has 160 valence electrons. The van der Waals surface area contributed by atoms with Crippen molar-refractivity contribution in [2.45, 2.75) is 45.4 Å². The number of unbranched alkanes of at least 4 members (excludes halogenated alkanes) is 2. The van der Waals surface area contributed by atoms with Gasteiger partial charge in [0.25, 0.3) is 0 Å². The minimum atomic E-state index is -0.565. The van der Waals surface area contributed by atoms with Crippen LogP contribution in [-0.4, -0.2) is 0 Å². The average Bonchev–Trinajstić information content (AvgIpc) is 2.74. The van der Waals surface area contributed by atoms with Crippen LogP contribution in [0.3, 0.4) is 0 Å². The quantitative estimate of drug-likeness (QED) is 0.277. The molecular formula is C27H24F4. The molecule has 0 unspecified atom stereocenters. The summed E-state index contributed by atoms with van der Waals surface area (Å²) in [6.45, 7) is 2.09. The van der Waals surface area contributed by atoms with Gasteiger partial charge >= 0.3 is 0 Å². The highest BCUT2D eigenvalue weighted by Gasteiger charge is 2.21. The van der Waals surface area contributed by atoms with Gasteiger partial charge in [-0.1, -0.05) is 38.0 Å². The van der Waals surface area contributed by atoms with Crippen LogP contribution in [0.2, 0.25) is 0 Å². The lowest BCUT2D eigenvalue weighted by Crippen LogP contribution is -2.05. The molecule has 1 aliphatic rings. The molecule has 4 heteroatoms. The van der Waals surface area contributed by atoms with Crippen LogP contribution in [0.15, 0.2) is 48.5 Å². The van der Waals surface area contributed by atoms with Gasteiger partial charge < -0.3 is 0 Å². The monoisotopic (exact) mass is 424 g/mol. The van der Waals surface area contributed by atoms with Gasteiger partial charge in [-0.25, -0.2) is 17.6 Å². The SMILES string of the molecule is CCCCCc1cc(F)c(C2=Cc3cc(F)c(-c4ccc(F)cc4)cc3CC2)c(F)c1. The molecule has 0 amide bonds. The smallest absolute Gasteiger partial charge is 0.133 e. The largest absolute Gasteiger partial charge is 0.207 e. The molecule has 0 saturated heterocycles. The van der Waals surface area contributed by atoms with Crippen LogP contribution in [0.25, 0.3) is 22.8 Å². The summed E-state index contributed by atoms with van der Waals surface area (Å²) in [5.74, 6) is -1.96. The minimum Gasteiger partial charge on any atom is -0.207 e. The van der Waals surface area contributed by atoms with Gasteiger partial charge in [0, 0.05) is 11.1 Å². The number of benzene rings is 3. The second kappa shape index (κ2) is 9.09. The van der Waals surface area contributed by atoms with Crippen molar-refractivity contribution >= 4 is 11.6 Å². The van der Waals surface area contributed by atoms with Crippen LogP contribution in [0.1, 0.15) is 54.9 Å². The fourth-order valence-corrected chi connectivity index (χ4v) is 4.22. The first-order valence-corrected chi connectivity index (χ1v) is 10.7. The van der Waals surface area contributed by atoms with E-state index in [1.165, 1.54) is 42.5 Å². The first-order valence-electron chi connectivity index (χ1n) is 10.7. The molecule has 0 spiro atoms. The van der Waals surface area contributed by atoms with Gasteiger partial charge in [0.05, 0.1) is 0 Å². The van der Waals surface area contributed by atoms with E-state index in [0.717, 1.165) is 24.8 Å². The highest BCUT2D eigenvalue weighted by molar-refractivity contribution is 5.86. The molecule has 3 aromatic carbocycles.